The lowest BCUT2D eigenvalue weighted by Gasteiger charge is -2.08. The van der Waals surface area contributed by atoms with E-state index in [1.165, 1.54) is 20.4 Å². The third-order valence-corrected chi connectivity index (χ3v) is 3.07. The SMILES string of the molecule is COc1ccc(C(=O)N/N=C\c2ccc(C#N)cc2)cc1OC. The van der Waals surface area contributed by atoms with Gasteiger partial charge in [0, 0.05) is 5.56 Å². The standard InChI is InChI=1S/C17H15N3O3/c1-22-15-8-7-14(9-16(15)23-2)17(21)20-19-11-13-5-3-12(10-18)4-6-13/h3-9,11H,1-2H3,(H,20,21)/b19-11-. The van der Waals surface area contributed by atoms with Crippen molar-refractivity contribution in [1.29, 1.82) is 5.26 Å². The predicted octanol–water partition coefficient (Wildman–Crippen LogP) is 2.34. The molecule has 0 bridgehead atoms. The van der Waals surface area contributed by atoms with Crippen molar-refractivity contribution in [3.63, 3.8) is 0 Å². The number of carbonyl (C=O) groups excluding carboxylic acids is 1. The summed E-state index contributed by atoms with van der Waals surface area (Å²) in [6.07, 6.45) is 1.50. The minimum absolute atomic E-state index is 0.365. The van der Waals surface area contributed by atoms with Crippen LogP contribution >= 0.6 is 0 Å². The molecule has 0 saturated carbocycles. The minimum atomic E-state index is -0.365. The van der Waals surface area contributed by atoms with E-state index in [1.54, 1.807) is 42.5 Å². The third-order valence-electron chi connectivity index (χ3n) is 3.07. The van der Waals surface area contributed by atoms with Crippen LogP contribution in [0.25, 0.3) is 0 Å². The summed E-state index contributed by atoms with van der Waals surface area (Å²) in [5.41, 5.74) is 4.18. The van der Waals surface area contributed by atoms with Gasteiger partial charge in [0.1, 0.15) is 0 Å². The number of nitrogens with one attached hydrogen (secondary N) is 1. The first-order chi connectivity index (χ1) is 11.2. The Morgan fingerprint density at radius 3 is 2.43 bits per heavy atom. The lowest BCUT2D eigenvalue weighted by atomic mass is 10.2. The smallest absolute Gasteiger partial charge is 0.271 e. The number of benzene rings is 2. The van der Waals surface area contributed by atoms with Crippen LogP contribution in [-0.2, 0) is 0 Å². The number of rotatable bonds is 5. The molecule has 2 aromatic carbocycles. The van der Waals surface area contributed by atoms with E-state index >= 15 is 0 Å². The maximum absolute atomic E-state index is 12.0. The van der Waals surface area contributed by atoms with Crippen LogP contribution in [0.3, 0.4) is 0 Å². The van der Waals surface area contributed by atoms with Gasteiger partial charge in [0.2, 0.25) is 0 Å². The van der Waals surface area contributed by atoms with Crippen LogP contribution in [0.1, 0.15) is 21.5 Å². The number of carbonyl (C=O) groups is 1. The summed E-state index contributed by atoms with van der Waals surface area (Å²) in [7, 11) is 3.03. The Morgan fingerprint density at radius 1 is 1.13 bits per heavy atom. The highest BCUT2D eigenvalue weighted by Crippen LogP contribution is 2.27. The first kappa shape index (κ1) is 16.0. The van der Waals surface area contributed by atoms with E-state index in [0.717, 1.165) is 5.56 Å². The van der Waals surface area contributed by atoms with Gasteiger partial charge >= 0.3 is 0 Å². The van der Waals surface area contributed by atoms with Crippen LogP contribution < -0.4 is 14.9 Å². The third kappa shape index (κ3) is 4.08. The molecule has 23 heavy (non-hydrogen) atoms. The van der Waals surface area contributed by atoms with Crippen LogP contribution in [0.2, 0.25) is 0 Å². The highest BCUT2D eigenvalue weighted by atomic mass is 16.5. The fourth-order valence-electron chi connectivity index (χ4n) is 1.85. The van der Waals surface area contributed by atoms with Crippen LogP contribution in [0, 0.1) is 11.3 Å². The molecule has 0 aliphatic heterocycles. The summed E-state index contributed by atoms with van der Waals surface area (Å²) in [5.74, 6) is 0.650. The molecule has 0 aliphatic carbocycles. The monoisotopic (exact) mass is 309 g/mol. The quantitative estimate of drug-likeness (QED) is 0.678. The molecule has 6 heteroatoms. The molecule has 116 valence electrons. The second-order valence-corrected chi connectivity index (χ2v) is 4.50. The molecule has 0 atom stereocenters. The molecule has 0 spiro atoms. The number of nitrogens with zero attached hydrogens (tertiary/aromatic N) is 2. The van der Waals surface area contributed by atoms with Gasteiger partial charge in [-0.25, -0.2) is 5.43 Å². The van der Waals surface area contributed by atoms with Crippen molar-refractivity contribution in [2.45, 2.75) is 0 Å². The Morgan fingerprint density at radius 2 is 1.83 bits per heavy atom. The van der Waals surface area contributed by atoms with Crippen molar-refractivity contribution in [2.24, 2.45) is 5.10 Å². The van der Waals surface area contributed by atoms with E-state index in [-0.39, 0.29) is 5.91 Å². The number of hydrogen-bond acceptors (Lipinski definition) is 5. The number of ether oxygens (including phenoxy) is 2. The van der Waals surface area contributed by atoms with Gasteiger partial charge in [0.25, 0.3) is 5.91 Å². The number of amides is 1. The van der Waals surface area contributed by atoms with Gasteiger partial charge in [0.05, 0.1) is 32.1 Å². The first-order valence-corrected chi connectivity index (χ1v) is 6.73. The summed E-state index contributed by atoms with van der Waals surface area (Å²) in [5, 5.41) is 12.6. The summed E-state index contributed by atoms with van der Waals surface area (Å²) in [4.78, 5) is 12.0. The number of hydrazone groups is 1. The Kier molecular flexibility index (Phi) is 5.31. The van der Waals surface area contributed by atoms with Gasteiger partial charge in [-0.1, -0.05) is 12.1 Å². The van der Waals surface area contributed by atoms with E-state index in [0.29, 0.717) is 22.6 Å². The van der Waals surface area contributed by atoms with Crippen LogP contribution in [-0.4, -0.2) is 26.3 Å². The Labute approximate surface area is 134 Å². The highest BCUT2D eigenvalue weighted by molar-refractivity contribution is 5.95. The molecular formula is C17H15N3O3. The van der Waals surface area contributed by atoms with Crippen molar-refractivity contribution >= 4 is 12.1 Å². The average Bonchev–Trinajstić information content (AvgIpc) is 2.61. The maximum atomic E-state index is 12.0. The maximum Gasteiger partial charge on any atom is 0.271 e. The zero-order valence-corrected chi connectivity index (χ0v) is 12.7. The predicted molar refractivity (Wildman–Crippen MR) is 85.8 cm³/mol. The molecule has 6 nitrogen and oxygen atoms in total. The van der Waals surface area contributed by atoms with E-state index in [9.17, 15) is 4.79 Å². The van der Waals surface area contributed by atoms with Crippen molar-refractivity contribution in [3.8, 4) is 17.6 Å². The topological polar surface area (TPSA) is 83.7 Å². The Hall–Kier alpha value is -3.33. The van der Waals surface area contributed by atoms with Crippen molar-refractivity contribution in [2.75, 3.05) is 14.2 Å². The number of nitriles is 1. The molecule has 0 saturated heterocycles. The highest BCUT2D eigenvalue weighted by Gasteiger charge is 2.09. The fourth-order valence-corrected chi connectivity index (χ4v) is 1.85. The lowest BCUT2D eigenvalue weighted by Crippen LogP contribution is -2.17. The van der Waals surface area contributed by atoms with E-state index in [2.05, 4.69) is 10.5 Å². The average molecular weight is 309 g/mol. The van der Waals surface area contributed by atoms with Crippen molar-refractivity contribution in [3.05, 3.63) is 59.2 Å². The molecule has 2 rings (SSSR count). The van der Waals surface area contributed by atoms with Gasteiger partial charge in [-0.05, 0) is 35.9 Å². The molecular weight excluding hydrogens is 294 g/mol. The second kappa shape index (κ2) is 7.61. The molecule has 0 aliphatic rings. The van der Waals surface area contributed by atoms with Crippen molar-refractivity contribution in [1.82, 2.24) is 5.43 Å². The van der Waals surface area contributed by atoms with Crippen molar-refractivity contribution < 1.29 is 14.3 Å². The minimum Gasteiger partial charge on any atom is -0.493 e. The summed E-state index contributed by atoms with van der Waals surface area (Å²) < 4.78 is 10.3. The zero-order valence-electron chi connectivity index (χ0n) is 12.7. The van der Waals surface area contributed by atoms with Gasteiger partial charge in [-0.2, -0.15) is 10.4 Å². The van der Waals surface area contributed by atoms with Crippen LogP contribution in [0.4, 0.5) is 0 Å². The normalized spacial score (nSPS) is 10.1. The van der Waals surface area contributed by atoms with Gasteiger partial charge in [-0.3, -0.25) is 4.79 Å². The van der Waals surface area contributed by atoms with Crippen LogP contribution in [0.5, 0.6) is 11.5 Å². The molecule has 0 fully saturated rings. The summed E-state index contributed by atoms with van der Waals surface area (Å²) >= 11 is 0. The van der Waals surface area contributed by atoms with Gasteiger partial charge < -0.3 is 9.47 Å². The van der Waals surface area contributed by atoms with E-state index in [1.807, 2.05) is 6.07 Å². The number of hydrogen-bond donors (Lipinski definition) is 1. The lowest BCUT2D eigenvalue weighted by molar-refractivity contribution is 0.0954. The van der Waals surface area contributed by atoms with E-state index in [4.69, 9.17) is 14.7 Å². The molecule has 1 N–H and O–H groups in total. The molecule has 2 aromatic rings. The van der Waals surface area contributed by atoms with Gasteiger partial charge in [-0.15, -0.1) is 0 Å². The number of methoxy groups -OCH3 is 2. The first-order valence-electron chi connectivity index (χ1n) is 6.73. The summed E-state index contributed by atoms with van der Waals surface area (Å²) in [6, 6.07) is 13.7. The fraction of sp³-hybridized carbons (Fsp3) is 0.118. The Balaban J connectivity index is 2.04. The molecule has 0 heterocycles. The van der Waals surface area contributed by atoms with Gasteiger partial charge in [0.15, 0.2) is 11.5 Å². The molecule has 1 amide bonds. The molecule has 0 aromatic heterocycles. The molecule has 0 unspecified atom stereocenters. The van der Waals surface area contributed by atoms with E-state index < -0.39 is 0 Å². The second-order valence-electron chi connectivity index (χ2n) is 4.50. The largest absolute Gasteiger partial charge is 0.493 e. The Bertz CT molecular complexity index is 762. The molecule has 0 radical (unpaired) electrons. The van der Waals surface area contributed by atoms with Crippen LogP contribution in [0.15, 0.2) is 47.6 Å². The summed E-state index contributed by atoms with van der Waals surface area (Å²) in [6.45, 7) is 0. The zero-order chi connectivity index (χ0) is 16.7.